The van der Waals surface area contributed by atoms with E-state index in [2.05, 4.69) is 45.1 Å². The van der Waals surface area contributed by atoms with Crippen molar-refractivity contribution in [2.75, 3.05) is 0 Å². The third-order valence-corrected chi connectivity index (χ3v) is 3.79. The highest BCUT2D eigenvalue weighted by Gasteiger charge is 2.08. The number of halogens is 1. The molecule has 0 aliphatic carbocycles. The van der Waals surface area contributed by atoms with Crippen LogP contribution < -0.4 is 0 Å². The van der Waals surface area contributed by atoms with Gasteiger partial charge < -0.3 is 0 Å². The molecule has 2 heterocycles. The average molecular weight is 332 g/mol. The second-order valence-electron chi connectivity index (χ2n) is 4.35. The van der Waals surface area contributed by atoms with E-state index in [-0.39, 0.29) is 0 Å². The lowest BCUT2D eigenvalue weighted by Gasteiger charge is -2.04. The van der Waals surface area contributed by atoms with E-state index in [0.717, 1.165) is 26.9 Å². The van der Waals surface area contributed by atoms with Gasteiger partial charge in [0, 0.05) is 15.6 Å². The van der Waals surface area contributed by atoms with Crippen LogP contribution in [0.4, 0.5) is 0 Å². The minimum Gasteiger partial charge on any atom is -0.234 e. The van der Waals surface area contributed by atoms with Crippen molar-refractivity contribution in [3.05, 3.63) is 52.3 Å². The Kier molecular flexibility index (Phi) is 4.55. The van der Waals surface area contributed by atoms with Gasteiger partial charge in [-0.05, 0) is 43.7 Å². The summed E-state index contributed by atoms with van der Waals surface area (Å²) >= 11 is 3.56. The van der Waals surface area contributed by atoms with Crippen molar-refractivity contribution in [3.8, 4) is 5.82 Å². The lowest BCUT2D eigenvalue weighted by molar-refractivity contribution is 0.867. The van der Waals surface area contributed by atoms with Crippen molar-refractivity contribution in [3.63, 3.8) is 0 Å². The molecule has 0 unspecified atom stereocenters. The predicted octanol–water partition coefficient (Wildman–Crippen LogP) is 4.83. The molecular formula is C16H18BrN3. The number of fused-ring (bicyclic) bond motifs is 1. The Morgan fingerprint density at radius 1 is 1.10 bits per heavy atom. The van der Waals surface area contributed by atoms with E-state index in [1.807, 2.05) is 49.8 Å². The van der Waals surface area contributed by atoms with Gasteiger partial charge in [0.25, 0.3) is 0 Å². The van der Waals surface area contributed by atoms with Crippen molar-refractivity contribution in [2.45, 2.75) is 27.7 Å². The van der Waals surface area contributed by atoms with E-state index in [1.54, 1.807) is 0 Å². The third kappa shape index (κ3) is 2.75. The number of benzene rings is 1. The Morgan fingerprint density at radius 3 is 2.55 bits per heavy atom. The van der Waals surface area contributed by atoms with E-state index in [9.17, 15) is 0 Å². The molecule has 0 N–H and O–H groups in total. The van der Waals surface area contributed by atoms with Crippen molar-refractivity contribution in [2.24, 2.45) is 0 Å². The number of hydrogen-bond acceptors (Lipinski definition) is 2. The standard InChI is InChI=1S/C14H12BrN3.C2H6/c1-9-6-11-8-16-18(13(11)7-12(9)15)14-5-3-4-10(2)17-14;1-2/h3-8H,1-2H3;1-2H3. The normalized spacial score (nSPS) is 10.2. The first kappa shape index (κ1) is 14.7. The fraction of sp³-hybridized carbons (Fsp3) is 0.250. The first-order valence-corrected chi connectivity index (χ1v) is 7.52. The van der Waals surface area contributed by atoms with Gasteiger partial charge in [0.1, 0.15) is 0 Å². The molecule has 104 valence electrons. The second kappa shape index (κ2) is 6.18. The topological polar surface area (TPSA) is 30.7 Å². The second-order valence-corrected chi connectivity index (χ2v) is 5.21. The highest BCUT2D eigenvalue weighted by atomic mass is 79.9. The fourth-order valence-electron chi connectivity index (χ4n) is 1.99. The van der Waals surface area contributed by atoms with Crippen LogP contribution in [0.2, 0.25) is 0 Å². The van der Waals surface area contributed by atoms with Crippen molar-refractivity contribution < 1.29 is 0 Å². The molecule has 0 aliphatic heterocycles. The Morgan fingerprint density at radius 2 is 1.85 bits per heavy atom. The van der Waals surface area contributed by atoms with Gasteiger partial charge in [0.2, 0.25) is 0 Å². The summed E-state index contributed by atoms with van der Waals surface area (Å²) in [5.74, 6) is 0.848. The lowest BCUT2D eigenvalue weighted by Crippen LogP contribution is -1.99. The van der Waals surface area contributed by atoms with Crippen LogP contribution in [-0.4, -0.2) is 14.8 Å². The minimum absolute atomic E-state index is 0.848. The van der Waals surface area contributed by atoms with Crippen LogP contribution in [0, 0.1) is 13.8 Å². The largest absolute Gasteiger partial charge is 0.234 e. The average Bonchev–Trinajstić information content (AvgIpc) is 2.84. The number of hydrogen-bond donors (Lipinski definition) is 0. The van der Waals surface area contributed by atoms with Crippen LogP contribution in [0.15, 0.2) is 41.0 Å². The van der Waals surface area contributed by atoms with Crippen LogP contribution in [0.1, 0.15) is 25.1 Å². The van der Waals surface area contributed by atoms with Crippen LogP contribution >= 0.6 is 15.9 Å². The molecule has 0 atom stereocenters. The zero-order chi connectivity index (χ0) is 14.7. The summed E-state index contributed by atoms with van der Waals surface area (Å²) in [5.41, 5.74) is 3.26. The van der Waals surface area contributed by atoms with Crippen molar-refractivity contribution in [1.29, 1.82) is 0 Å². The molecule has 3 aromatic rings. The highest BCUT2D eigenvalue weighted by Crippen LogP contribution is 2.25. The Balaban J connectivity index is 0.000000704. The van der Waals surface area contributed by atoms with Gasteiger partial charge >= 0.3 is 0 Å². The molecular weight excluding hydrogens is 314 g/mol. The summed E-state index contributed by atoms with van der Waals surface area (Å²) in [5, 5.41) is 5.55. The van der Waals surface area contributed by atoms with E-state index in [4.69, 9.17) is 0 Å². The molecule has 2 aromatic heterocycles. The van der Waals surface area contributed by atoms with E-state index in [0.29, 0.717) is 0 Å². The van der Waals surface area contributed by atoms with E-state index < -0.39 is 0 Å². The van der Waals surface area contributed by atoms with Gasteiger partial charge in [-0.1, -0.05) is 35.8 Å². The maximum absolute atomic E-state index is 4.50. The quantitative estimate of drug-likeness (QED) is 0.639. The highest BCUT2D eigenvalue weighted by molar-refractivity contribution is 9.10. The number of aryl methyl sites for hydroxylation is 2. The number of pyridine rings is 1. The summed E-state index contributed by atoms with van der Waals surface area (Å²) in [6.45, 7) is 8.06. The van der Waals surface area contributed by atoms with Crippen molar-refractivity contribution >= 4 is 26.8 Å². The molecule has 4 heteroatoms. The summed E-state index contributed by atoms with van der Waals surface area (Å²) < 4.78 is 2.96. The monoisotopic (exact) mass is 331 g/mol. The lowest BCUT2D eigenvalue weighted by atomic mass is 10.2. The molecule has 0 bridgehead atoms. The van der Waals surface area contributed by atoms with Gasteiger partial charge in [-0.25, -0.2) is 9.67 Å². The Labute approximate surface area is 127 Å². The van der Waals surface area contributed by atoms with Gasteiger partial charge in [0.15, 0.2) is 5.82 Å². The van der Waals surface area contributed by atoms with Crippen LogP contribution in [-0.2, 0) is 0 Å². The first-order chi connectivity index (χ1) is 9.65. The molecule has 0 amide bonds. The number of rotatable bonds is 1. The fourth-order valence-corrected chi connectivity index (χ4v) is 2.32. The molecule has 0 aliphatic rings. The van der Waals surface area contributed by atoms with E-state index in [1.165, 1.54) is 5.56 Å². The Hall–Kier alpha value is -1.68. The van der Waals surface area contributed by atoms with Crippen LogP contribution in [0.5, 0.6) is 0 Å². The van der Waals surface area contributed by atoms with Crippen LogP contribution in [0.3, 0.4) is 0 Å². The molecule has 1 aromatic carbocycles. The van der Waals surface area contributed by atoms with Gasteiger partial charge in [0.05, 0.1) is 11.7 Å². The summed E-state index contributed by atoms with van der Waals surface area (Å²) in [4.78, 5) is 4.50. The first-order valence-electron chi connectivity index (χ1n) is 6.73. The SMILES string of the molecule is CC.Cc1cccc(-n2ncc3cc(C)c(Br)cc32)n1. The van der Waals surface area contributed by atoms with E-state index >= 15 is 0 Å². The summed E-state index contributed by atoms with van der Waals surface area (Å²) in [6, 6.07) is 10.2. The molecule has 0 fully saturated rings. The van der Waals surface area contributed by atoms with Crippen molar-refractivity contribution in [1.82, 2.24) is 14.8 Å². The molecule has 3 rings (SSSR count). The zero-order valence-electron chi connectivity index (χ0n) is 12.2. The molecule has 20 heavy (non-hydrogen) atoms. The van der Waals surface area contributed by atoms with Gasteiger partial charge in [-0.15, -0.1) is 0 Å². The molecule has 0 saturated heterocycles. The van der Waals surface area contributed by atoms with Crippen LogP contribution in [0.25, 0.3) is 16.7 Å². The predicted molar refractivity (Wildman–Crippen MR) is 87.4 cm³/mol. The third-order valence-electron chi connectivity index (χ3n) is 2.94. The Bertz CT molecular complexity index is 732. The zero-order valence-corrected chi connectivity index (χ0v) is 13.8. The molecule has 0 spiro atoms. The summed E-state index contributed by atoms with van der Waals surface area (Å²) in [7, 11) is 0. The molecule has 3 nitrogen and oxygen atoms in total. The van der Waals surface area contributed by atoms with Gasteiger partial charge in [-0.2, -0.15) is 5.10 Å². The molecule has 0 radical (unpaired) electrons. The summed E-state index contributed by atoms with van der Waals surface area (Å²) in [6.07, 6.45) is 1.87. The molecule has 0 saturated carbocycles. The number of nitrogens with zero attached hydrogens (tertiary/aromatic N) is 3. The smallest absolute Gasteiger partial charge is 0.154 e. The minimum atomic E-state index is 0.848. The maximum atomic E-state index is 4.50. The van der Waals surface area contributed by atoms with Gasteiger partial charge in [-0.3, -0.25) is 0 Å². The number of aromatic nitrogens is 3. The maximum Gasteiger partial charge on any atom is 0.154 e.